The molecule has 0 unspecified atom stereocenters. The molecule has 0 atom stereocenters. The Bertz CT molecular complexity index is 113. The maximum Gasteiger partial charge on any atom is 0.0347 e. The largest absolute Gasteiger partial charge is 0.349 e. The highest BCUT2D eigenvalue weighted by Crippen LogP contribution is 2.12. The molecule has 0 aromatic rings. The number of likely N-dealkylation sites (N-methyl/N-ethyl adjacent to an activating group) is 1. The molecule has 1 heteroatoms. The predicted molar refractivity (Wildman–Crippen MR) is 30.7 cm³/mol. The van der Waals surface area contributed by atoms with Crippen LogP contribution in [-0.4, -0.2) is 11.4 Å². The van der Waals surface area contributed by atoms with Crippen molar-refractivity contribution in [2.45, 2.75) is 6.92 Å². The minimum atomic E-state index is 1.05. The van der Waals surface area contributed by atoms with Gasteiger partial charge >= 0.3 is 0 Å². The van der Waals surface area contributed by atoms with Crippen LogP contribution in [0.25, 0.3) is 0 Å². The summed E-state index contributed by atoms with van der Waals surface area (Å²) in [5.74, 6) is 0. The molecule has 0 bridgehead atoms. The number of rotatable bonds is 1. The molecule has 0 spiro atoms. The van der Waals surface area contributed by atoms with Crippen LogP contribution in [0.2, 0.25) is 0 Å². The average Bonchev–Trinajstić information content (AvgIpc) is 1.65. The van der Waals surface area contributed by atoms with E-state index in [0.717, 1.165) is 12.2 Å². The predicted octanol–water partition coefficient (Wildman–Crippen LogP) is 1.35. The Morgan fingerprint density at radius 3 is 2.57 bits per heavy atom. The molecule has 1 aliphatic rings. The molecule has 0 aromatic carbocycles. The van der Waals surface area contributed by atoms with E-state index in [1.807, 2.05) is 12.3 Å². The van der Waals surface area contributed by atoms with E-state index >= 15 is 0 Å². The van der Waals surface area contributed by atoms with Crippen molar-refractivity contribution in [1.82, 2.24) is 4.90 Å². The minimum Gasteiger partial charge on any atom is -0.349 e. The topological polar surface area (TPSA) is 3.24 Å². The molecule has 0 amide bonds. The highest BCUT2D eigenvalue weighted by molar-refractivity contribution is 5.24. The van der Waals surface area contributed by atoms with Crippen LogP contribution < -0.4 is 0 Å². The van der Waals surface area contributed by atoms with Crippen LogP contribution in [0, 0.1) is 0 Å². The maximum absolute atomic E-state index is 3.75. The van der Waals surface area contributed by atoms with Gasteiger partial charge in [0.2, 0.25) is 0 Å². The standard InChI is InChI=1S/C6H9N/c1-3-7-5-4-6(7)2/h4-5H,2-3H2,1H3. The fourth-order valence-electron chi connectivity index (χ4n) is 0.594. The first-order chi connectivity index (χ1) is 3.34. The first kappa shape index (κ1) is 4.44. The average molecular weight is 95.1 g/mol. The van der Waals surface area contributed by atoms with Crippen LogP contribution in [0.15, 0.2) is 24.6 Å². The SMILES string of the molecule is C=C1C=CN1CC. The molecule has 0 aromatic heterocycles. The molecular weight excluding hydrogens is 86.1 g/mol. The summed E-state index contributed by atoms with van der Waals surface area (Å²) in [6.07, 6.45) is 4.03. The molecule has 0 fully saturated rings. The summed E-state index contributed by atoms with van der Waals surface area (Å²) in [6.45, 7) is 6.91. The first-order valence-electron chi connectivity index (χ1n) is 2.48. The highest BCUT2D eigenvalue weighted by atomic mass is 15.1. The maximum atomic E-state index is 3.75. The third-order valence-electron chi connectivity index (χ3n) is 1.16. The molecular formula is C6H9N. The molecule has 1 heterocycles. The van der Waals surface area contributed by atoms with Crippen molar-refractivity contribution >= 4 is 0 Å². The van der Waals surface area contributed by atoms with Crippen LogP contribution in [0.3, 0.4) is 0 Å². The Balaban J connectivity index is 2.49. The summed E-state index contributed by atoms with van der Waals surface area (Å²) in [5.41, 5.74) is 1.13. The zero-order valence-electron chi connectivity index (χ0n) is 4.52. The van der Waals surface area contributed by atoms with Crippen LogP contribution in [0.1, 0.15) is 6.92 Å². The number of hydrogen-bond donors (Lipinski definition) is 0. The van der Waals surface area contributed by atoms with Crippen molar-refractivity contribution in [1.29, 1.82) is 0 Å². The quantitative estimate of drug-likeness (QED) is 0.475. The monoisotopic (exact) mass is 95.1 g/mol. The van der Waals surface area contributed by atoms with Crippen LogP contribution >= 0.6 is 0 Å². The lowest BCUT2D eigenvalue weighted by Crippen LogP contribution is -2.20. The van der Waals surface area contributed by atoms with Crippen molar-refractivity contribution in [2.75, 3.05) is 6.54 Å². The van der Waals surface area contributed by atoms with E-state index in [0.29, 0.717) is 0 Å². The second-order valence-electron chi connectivity index (χ2n) is 1.59. The molecule has 0 saturated carbocycles. The van der Waals surface area contributed by atoms with E-state index in [1.165, 1.54) is 0 Å². The molecule has 38 valence electrons. The molecule has 0 saturated heterocycles. The van der Waals surface area contributed by atoms with E-state index < -0.39 is 0 Å². The van der Waals surface area contributed by atoms with Crippen molar-refractivity contribution in [3.05, 3.63) is 24.6 Å². The Morgan fingerprint density at radius 1 is 1.86 bits per heavy atom. The van der Waals surface area contributed by atoms with E-state index in [-0.39, 0.29) is 0 Å². The van der Waals surface area contributed by atoms with Crippen molar-refractivity contribution in [3.63, 3.8) is 0 Å². The summed E-state index contributed by atoms with van der Waals surface area (Å²) in [7, 11) is 0. The summed E-state index contributed by atoms with van der Waals surface area (Å²) in [5, 5.41) is 0. The summed E-state index contributed by atoms with van der Waals surface area (Å²) in [4.78, 5) is 2.10. The fourth-order valence-corrected chi connectivity index (χ4v) is 0.594. The van der Waals surface area contributed by atoms with E-state index in [9.17, 15) is 0 Å². The minimum absolute atomic E-state index is 1.05. The summed E-state index contributed by atoms with van der Waals surface area (Å²) >= 11 is 0. The Kier molecular flexibility index (Phi) is 0.895. The van der Waals surface area contributed by atoms with Crippen LogP contribution in [0.5, 0.6) is 0 Å². The number of allylic oxidation sites excluding steroid dienone is 1. The first-order valence-corrected chi connectivity index (χ1v) is 2.48. The third-order valence-corrected chi connectivity index (χ3v) is 1.16. The number of hydrogen-bond acceptors (Lipinski definition) is 1. The van der Waals surface area contributed by atoms with Gasteiger partial charge in [0.25, 0.3) is 0 Å². The Hall–Kier alpha value is -0.720. The fraction of sp³-hybridized carbons (Fsp3) is 0.333. The van der Waals surface area contributed by atoms with E-state index in [2.05, 4.69) is 18.4 Å². The second-order valence-corrected chi connectivity index (χ2v) is 1.59. The van der Waals surface area contributed by atoms with Gasteiger partial charge in [0.05, 0.1) is 0 Å². The van der Waals surface area contributed by atoms with Gasteiger partial charge in [-0.05, 0) is 13.0 Å². The van der Waals surface area contributed by atoms with Gasteiger partial charge in [-0.2, -0.15) is 0 Å². The van der Waals surface area contributed by atoms with Gasteiger partial charge in [-0.3, -0.25) is 0 Å². The highest BCUT2D eigenvalue weighted by Gasteiger charge is 2.04. The van der Waals surface area contributed by atoms with Gasteiger partial charge in [0, 0.05) is 18.4 Å². The van der Waals surface area contributed by atoms with Gasteiger partial charge in [-0.25, -0.2) is 0 Å². The van der Waals surface area contributed by atoms with Crippen LogP contribution in [-0.2, 0) is 0 Å². The smallest absolute Gasteiger partial charge is 0.0347 e. The third kappa shape index (κ3) is 0.538. The van der Waals surface area contributed by atoms with Crippen molar-refractivity contribution in [3.8, 4) is 0 Å². The second kappa shape index (κ2) is 1.41. The van der Waals surface area contributed by atoms with E-state index in [4.69, 9.17) is 0 Å². The molecule has 0 radical (unpaired) electrons. The molecule has 0 aliphatic carbocycles. The molecule has 0 N–H and O–H groups in total. The lowest BCUT2D eigenvalue weighted by Gasteiger charge is -2.25. The molecule has 1 rings (SSSR count). The zero-order chi connectivity index (χ0) is 5.28. The van der Waals surface area contributed by atoms with Crippen molar-refractivity contribution in [2.24, 2.45) is 0 Å². The zero-order valence-corrected chi connectivity index (χ0v) is 4.52. The van der Waals surface area contributed by atoms with Gasteiger partial charge in [-0.1, -0.05) is 6.58 Å². The Labute approximate surface area is 43.9 Å². The van der Waals surface area contributed by atoms with Gasteiger partial charge in [-0.15, -0.1) is 0 Å². The molecule has 7 heavy (non-hydrogen) atoms. The van der Waals surface area contributed by atoms with Gasteiger partial charge < -0.3 is 4.90 Å². The Morgan fingerprint density at radius 2 is 2.57 bits per heavy atom. The lowest BCUT2D eigenvalue weighted by molar-refractivity contribution is 0.472. The normalized spacial score (nSPS) is 17.3. The van der Waals surface area contributed by atoms with Gasteiger partial charge in [0.15, 0.2) is 0 Å². The number of nitrogens with zero attached hydrogens (tertiary/aromatic N) is 1. The summed E-state index contributed by atoms with van der Waals surface area (Å²) in [6, 6.07) is 0. The van der Waals surface area contributed by atoms with Crippen molar-refractivity contribution < 1.29 is 0 Å². The lowest BCUT2D eigenvalue weighted by atomic mass is 10.3. The van der Waals surface area contributed by atoms with Gasteiger partial charge in [0.1, 0.15) is 0 Å². The summed E-state index contributed by atoms with van der Waals surface area (Å²) < 4.78 is 0. The molecule has 1 aliphatic heterocycles. The molecule has 1 nitrogen and oxygen atoms in total. The van der Waals surface area contributed by atoms with Crippen LogP contribution in [0.4, 0.5) is 0 Å². The van der Waals surface area contributed by atoms with E-state index in [1.54, 1.807) is 0 Å².